The fourth-order valence-corrected chi connectivity index (χ4v) is 3.37. The molecule has 0 atom stereocenters. The topological polar surface area (TPSA) is 46.9 Å². The van der Waals surface area contributed by atoms with Gasteiger partial charge < -0.3 is 9.88 Å². The summed E-state index contributed by atoms with van der Waals surface area (Å²) < 4.78 is 2.35. The molecule has 28 heavy (non-hydrogen) atoms. The van der Waals surface area contributed by atoms with E-state index >= 15 is 0 Å². The van der Waals surface area contributed by atoms with E-state index in [9.17, 15) is 4.79 Å². The van der Waals surface area contributed by atoms with Gasteiger partial charge in [-0.25, -0.2) is 4.98 Å². The Morgan fingerprint density at radius 3 is 2.54 bits per heavy atom. The Bertz CT molecular complexity index is 909. The van der Waals surface area contributed by atoms with E-state index in [0.717, 1.165) is 50.1 Å². The molecule has 0 spiro atoms. The first kappa shape index (κ1) is 20.1. The minimum atomic E-state index is 0.0571. The van der Waals surface area contributed by atoms with Crippen molar-refractivity contribution in [2.45, 2.75) is 53.0 Å². The normalized spacial score (nSPS) is 11.3. The number of aryl methyl sites for hydroxylation is 2. The molecule has 0 bridgehead atoms. The van der Waals surface area contributed by atoms with E-state index in [1.54, 1.807) is 0 Å². The predicted octanol–water partition coefficient (Wildman–Crippen LogP) is 4.88. The lowest BCUT2D eigenvalue weighted by molar-refractivity contribution is -0.123. The molecule has 0 saturated carbocycles. The number of para-hydroxylation sites is 2. The molecule has 0 unspecified atom stereocenters. The van der Waals surface area contributed by atoms with Crippen LogP contribution in [0.4, 0.5) is 0 Å². The van der Waals surface area contributed by atoms with Crippen molar-refractivity contribution in [3.05, 3.63) is 65.5 Å². The number of aromatic nitrogens is 2. The van der Waals surface area contributed by atoms with Gasteiger partial charge in [-0.05, 0) is 37.5 Å². The molecule has 3 aromatic rings. The van der Waals surface area contributed by atoms with E-state index in [2.05, 4.69) is 59.3 Å². The maximum absolute atomic E-state index is 11.6. The summed E-state index contributed by atoms with van der Waals surface area (Å²) in [5, 5.41) is 2.99. The number of hydrogen-bond acceptors (Lipinski definition) is 2. The zero-order valence-electron chi connectivity index (χ0n) is 17.2. The average Bonchev–Trinajstić information content (AvgIpc) is 3.03. The number of unbranched alkanes of at least 4 members (excludes halogenated alkanes) is 2. The Balaban J connectivity index is 1.62. The van der Waals surface area contributed by atoms with Gasteiger partial charge >= 0.3 is 0 Å². The van der Waals surface area contributed by atoms with Gasteiger partial charge in [0.15, 0.2) is 0 Å². The lowest BCUT2D eigenvalue weighted by Crippen LogP contribution is -2.28. The minimum absolute atomic E-state index is 0.0571. The van der Waals surface area contributed by atoms with Crippen molar-refractivity contribution < 1.29 is 4.79 Å². The van der Waals surface area contributed by atoms with Crippen molar-refractivity contribution >= 4 is 16.9 Å². The Morgan fingerprint density at radius 1 is 1.04 bits per heavy atom. The molecule has 0 aliphatic heterocycles. The van der Waals surface area contributed by atoms with Crippen LogP contribution >= 0.6 is 0 Å². The van der Waals surface area contributed by atoms with Crippen LogP contribution in [0.2, 0.25) is 0 Å². The van der Waals surface area contributed by atoms with Crippen LogP contribution in [-0.4, -0.2) is 22.0 Å². The highest BCUT2D eigenvalue weighted by Gasteiger charge is 2.11. The van der Waals surface area contributed by atoms with Gasteiger partial charge in [-0.2, -0.15) is 0 Å². The quantitative estimate of drug-likeness (QED) is 0.540. The standard InChI is InChI=1S/C24H31N3O/c1-18(2)24(28)25-16-8-4-5-11-23-26-21-9-6-7-10-22(21)27(23)17-20-14-12-19(3)13-15-20/h6-7,9-10,12-15,18H,4-5,8,11,16-17H2,1-3H3,(H,25,28). The highest BCUT2D eigenvalue weighted by Crippen LogP contribution is 2.20. The van der Waals surface area contributed by atoms with Crippen molar-refractivity contribution in [1.29, 1.82) is 0 Å². The van der Waals surface area contributed by atoms with Gasteiger partial charge in [0.25, 0.3) is 0 Å². The molecule has 1 N–H and O–H groups in total. The Kier molecular flexibility index (Phi) is 6.85. The summed E-state index contributed by atoms with van der Waals surface area (Å²) in [5.74, 6) is 1.34. The summed E-state index contributed by atoms with van der Waals surface area (Å²) in [4.78, 5) is 16.5. The molecular formula is C24H31N3O. The molecule has 4 heteroatoms. The molecule has 0 aliphatic carbocycles. The number of benzene rings is 2. The average molecular weight is 378 g/mol. The van der Waals surface area contributed by atoms with Gasteiger partial charge in [0.1, 0.15) is 5.82 Å². The van der Waals surface area contributed by atoms with Crippen LogP contribution < -0.4 is 5.32 Å². The molecule has 0 radical (unpaired) electrons. The van der Waals surface area contributed by atoms with Gasteiger partial charge in [-0.3, -0.25) is 4.79 Å². The molecule has 2 aromatic carbocycles. The number of imidazole rings is 1. The van der Waals surface area contributed by atoms with Crippen molar-refractivity contribution in [2.24, 2.45) is 5.92 Å². The predicted molar refractivity (Wildman–Crippen MR) is 115 cm³/mol. The SMILES string of the molecule is Cc1ccc(Cn2c(CCCCCNC(=O)C(C)C)nc3ccccc32)cc1. The second-order valence-corrected chi connectivity index (χ2v) is 7.84. The van der Waals surface area contributed by atoms with Crippen LogP contribution in [0, 0.1) is 12.8 Å². The van der Waals surface area contributed by atoms with E-state index in [-0.39, 0.29) is 11.8 Å². The summed E-state index contributed by atoms with van der Waals surface area (Å²) in [7, 11) is 0. The lowest BCUT2D eigenvalue weighted by Gasteiger charge is -2.10. The number of nitrogens with zero attached hydrogens (tertiary/aromatic N) is 2. The van der Waals surface area contributed by atoms with E-state index in [4.69, 9.17) is 4.98 Å². The molecular weight excluding hydrogens is 346 g/mol. The highest BCUT2D eigenvalue weighted by molar-refractivity contribution is 5.77. The van der Waals surface area contributed by atoms with Crippen molar-refractivity contribution in [1.82, 2.24) is 14.9 Å². The molecule has 0 aliphatic rings. The Hall–Kier alpha value is -2.62. The van der Waals surface area contributed by atoms with Gasteiger partial charge in [0, 0.05) is 25.4 Å². The number of carbonyl (C=O) groups excluding carboxylic acids is 1. The van der Waals surface area contributed by atoms with Crippen LogP contribution in [-0.2, 0) is 17.8 Å². The maximum Gasteiger partial charge on any atom is 0.222 e. The minimum Gasteiger partial charge on any atom is -0.356 e. The summed E-state index contributed by atoms with van der Waals surface area (Å²) in [5.41, 5.74) is 4.84. The van der Waals surface area contributed by atoms with Crippen LogP contribution in [0.1, 0.15) is 50.1 Å². The molecule has 0 fully saturated rings. The number of carbonyl (C=O) groups is 1. The van der Waals surface area contributed by atoms with Crippen molar-refractivity contribution in [3.8, 4) is 0 Å². The molecule has 148 valence electrons. The van der Waals surface area contributed by atoms with Crippen molar-refractivity contribution in [3.63, 3.8) is 0 Å². The fourth-order valence-electron chi connectivity index (χ4n) is 3.37. The summed E-state index contributed by atoms with van der Waals surface area (Å²) in [6.45, 7) is 7.57. The van der Waals surface area contributed by atoms with Crippen LogP contribution in [0.3, 0.4) is 0 Å². The first-order valence-electron chi connectivity index (χ1n) is 10.3. The smallest absolute Gasteiger partial charge is 0.222 e. The Labute approximate surface area is 168 Å². The van der Waals surface area contributed by atoms with E-state index in [0.29, 0.717) is 0 Å². The highest BCUT2D eigenvalue weighted by atomic mass is 16.1. The number of rotatable bonds is 9. The summed E-state index contributed by atoms with van der Waals surface area (Å²) in [6.07, 6.45) is 4.14. The number of fused-ring (bicyclic) bond motifs is 1. The molecule has 1 heterocycles. The molecule has 1 amide bonds. The second kappa shape index (κ2) is 9.54. The van der Waals surface area contributed by atoms with E-state index < -0.39 is 0 Å². The van der Waals surface area contributed by atoms with Crippen LogP contribution in [0.25, 0.3) is 11.0 Å². The van der Waals surface area contributed by atoms with Gasteiger partial charge in [-0.15, -0.1) is 0 Å². The molecule has 4 nitrogen and oxygen atoms in total. The van der Waals surface area contributed by atoms with E-state index in [1.807, 2.05) is 19.9 Å². The zero-order chi connectivity index (χ0) is 19.9. The molecule has 3 rings (SSSR count). The molecule has 1 aromatic heterocycles. The number of hydrogen-bond donors (Lipinski definition) is 1. The third-order valence-corrected chi connectivity index (χ3v) is 5.10. The third kappa shape index (κ3) is 5.22. The summed E-state index contributed by atoms with van der Waals surface area (Å²) >= 11 is 0. The maximum atomic E-state index is 11.6. The van der Waals surface area contributed by atoms with Gasteiger partial charge in [0.05, 0.1) is 11.0 Å². The van der Waals surface area contributed by atoms with E-state index in [1.165, 1.54) is 16.6 Å². The van der Waals surface area contributed by atoms with Gasteiger partial charge in [0.2, 0.25) is 5.91 Å². The molecule has 0 saturated heterocycles. The van der Waals surface area contributed by atoms with Crippen LogP contribution in [0.15, 0.2) is 48.5 Å². The zero-order valence-corrected chi connectivity index (χ0v) is 17.2. The fraction of sp³-hybridized carbons (Fsp3) is 0.417. The van der Waals surface area contributed by atoms with Crippen molar-refractivity contribution in [2.75, 3.05) is 6.54 Å². The monoisotopic (exact) mass is 377 g/mol. The largest absolute Gasteiger partial charge is 0.356 e. The van der Waals surface area contributed by atoms with Crippen LogP contribution in [0.5, 0.6) is 0 Å². The Morgan fingerprint density at radius 2 is 1.79 bits per heavy atom. The first-order valence-corrected chi connectivity index (χ1v) is 10.3. The number of amides is 1. The number of nitrogens with one attached hydrogen (secondary N) is 1. The lowest BCUT2D eigenvalue weighted by atomic mass is 10.1. The van der Waals surface area contributed by atoms with Gasteiger partial charge in [-0.1, -0.05) is 62.2 Å². The first-order chi connectivity index (χ1) is 13.5. The second-order valence-electron chi connectivity index (χ2n) is 7.84. The summed E-state index contributed by atoms with van der Waals surface area (Å²) in [6, 6.07) is 17.1. The third-order valence-electron chi connectivity index (χ3n) is 5.10.